The number of nitrogen functional groups attached to an aromatic ring is 1. The van der Waals surface area contributed by atoms with Gasteiger partial charge in [0.25, 0.3) is 11.8 Å². The second-order valence-electron chi connectivity index (χ2n) is 8.58. The van der Waals surface area contributed by atoms with Crippen molar-refractivity contribution in [3.05, 3.63) is 36.2 Å². The lowest BCUT2D eigenvalue weighted by molar-refractivity contribution is 0.0214. The number of nitrogens with two attached hydrogens (primary N) is 1. The van der Waals surface area contributed by atoms with Gasteiger partial charge in [0.1, 0.15) is 17.5 Å². The second-order valence-corrected chi connectivity index (χ2v) is 8.58. The summed E-state index contributed by atoms with van der Waals surface area (Å²) in [6.07, 6.45) is 5.35. The third kappa shape index (κ3) is 4.71. The summed E-state index contributed by atoms with van der Waals surface area (Å²) < 4.78 is 28.4. The molecule has 0 bridgehead atoms. The molecule has 4 heterocycles. The van der Waals surface area contributed by atoms with Gasteiger partial charge in [-0.05, 0) is 6.07 Å². The van der Waals surface area contributed by atoms with Gasteiger partial charge in [0.05, 0.1) is 13.2 Å². The fourth-order valence-electron chi connectivity index (χ4n) is 4.03. The van der Waals surface area contributed by atoms with Crippen LogP contribution in [0.15, 0.2) is 24.7 Å². The lowest BCUT2D eigenvalue weighted by Gasteiger charge is -2.40. The van der Waals surface area contributed by atoms with Crippen molar-refractivity contribution in [2.24, 2.45) is 7.05 Å². The summed E-state index contributed by atoms with van der Waals surface area (Å²) in [6.45, 7) is 2.21. The molecule has 2 aliphatic rings. The van der Waals surface area contributed by atoms with Gasteiger partial charge in [-0.2, -0.15) is 14.5 Å². The van der Waals surface area contributed by atoms with Crippen LogP contribution in [-0.4, -0.2) is 86.0 Å². The van der Waals surface area contributed by atoms with Crippen LogP contribution in [0.2, 0.25) is 0 Å². The Morgan fingerprint density at radius 1 is 1.23 bits per heavy atom. The second kappa shape index (κ2) is 9.41. The van der Waals surface area contributed by atoms with Crippen LogP contribution in [0.4, 0.5) is 16.3 Å². The fraction of sp³-hybridized carbons (Fsp3) is 0.455. The minimum atomic E-state index is -0.697. The Kier molecular flexibility index (Phi) is 6.16. The standard InChI is InChI=1S/C22H26FN9O3/c1-30-4-3-16(29-30)20(33)31(2)14-9-15(10-14)35-19-17(23)18(13-11-25-21(24)26-12-13)27-22(28-19)32-5-7-34-8-6-32/h3-4,11-12,14-15H,5-10H2,1-2H3,(H2,24,25,26). The van der Waals surface area contributed by atoms with Crippen LogP contribution in [0.5, 0.6) is 5.88 Å². The Morgan fingerprint density at radius 3 is 2.60 bits per heavy atom. The largest absolute Gasteiger partial charge is 0.472 e. The van der Waals surface area contributed by atoms with E-state index in [0.717, 1.165) is 0 Å². The summed E-state index contributed by atoms with van der Waals surface area (Å²) in [5, 5.41) is 4.16. The average molecular weight is 484 g/mol. The summed E-state index contributed by atoms with van der Waals surface area (Å²) in [6, 6.07) is 1.64. The monoisotopic (exact) mass is 483 g/mol. The van der Waals surface area contributed by atoms with Crippen molar-refractivity contribution in [2.75, 3.05) is 44.0 Å². The molecule has 2 fully saturated rings. The molecule has 1 saturated carbocycles. The van der Waals surface area contributed by atoms with Crippen molar-refractivity contribution in [3.63, 3.8) is 0 Å². The van der Waals surface area contributed by atoms with Crippen LogP contribution < -0.4 is 15.4 Å². The molecule has 0 atom stereocenters. The number of aryl methyl sites for hydroxylation is 1. The highest BCUT2D eigenvalue weighted by Crippen LogP contribution is 2.34. The Balaban J connectivity index is 1.34. The topological polar surface area (TPSA) is 137 Å². The van der Waals surface area contributed by atoms with E-state index in [-0.39, 0.29) is 35.6 Å². The molecule has 3 aromatic rings. The number of hydrogen-bond donors (Lipinski definition) is 1. The number of nitrogens with zero attached hydrogens (tertiary/aromatic N) is 8. The van der Waals surface area contributed by atoms with Gasteiger partial charge >= 0.3 is 0 Å². The number of hydrogen-bond acceptors (Lipinski definition) is 10. The molecule has 5 rings (SSSR count). The molecular formula is C22H26FN9O3. The van der Waals surface area contributed by atoms with Crippen molar-refractivity contribution in [1.82, 2.24) is 34.6 Å². The maximum absolute atomic E-state index is 15.5. The van der Waals surface area contributed by atoms with Gasteiger partial charge in [0, 0.05) is 70.2 Å². The number of aromatic nitrogens is 6. The third-order valence-electron chi connectivity index (χ3n) is 6.20. The Bertz CT molecular complexity index is 1210. The molecule has 184 valence electrons. The number of anilines is 2. The minimum absolute atomic E-state index is 0.0369. The van der Waals surface area contributed by atoms with Gasteiger partial charge in [0.15, 0.2) is 0 Å². The number of carbonyl (C=O) groups is 1. The molecule has 0 radical (unpaired) electrons. The van der Waals surface area contributed by atoms with Gasteiger partial charge in [-0.25, -0.2) is 15.0 Å². The molecule has 1 saturated heterocycles. The lowest BCUT2D eigenvalue weighted by Crippen LogP contribution is -2.50. The summed E-state index contributed by atoms with van der Waals surface area (Å²) in [4.78, 5) is 32.9. The van der Waals surface area contributed by atoms with Crippen molar-refractivity contribution in [1.29, 1.82) is 0 Å². The molecule has 0 unspecified atom stereocenters. The quantitative estimate of drug-likeness (QED) is 0.538. The SMILES string of the molecule is CN(C(=O)c1ccn(C)n1)C1CC(Oc2nc(N3CCOCC3)nc(-c3cnc(N)nc3)c2F)C1. The van der Waals surface area contributed by atoms with Crippen LogP contribution >= 0.6 is 0 Å². The summed E-state index contributed by atoms with van der Waals surface area (Å²) in [5.74, 6) is -0.581. The number of rotatable bonds is 6. The smallest absolute Gasteiger partial charge is 0.274 e. The van der Waals surface area contributed by atoms with E-state index in [9.17, 15) is 4.79 Å². The first-order valence-electron chi connectivity index (χ1n) is 11.3. The molecule has 1 amide bonds. The number of amides is 1. The molecule has 35 heavy (non-hydrogen) atoms. The van der Waals surface area contributed by atoms with Crippen LogP contribution in [0.3, 0.4) is 0 Å². The van der Waals surface area contributed by atoms with Crippen molar-refractivity contribution < 1.29 is 18.7 Å². The van der Waals surface area contributed by atoms with E-state index in [4.69, 9.17) is 15.2 Å². The fourth-order valence-corrected chi connectivity index (χ4v) is 4.03. The third-order valence-corrected chi connectivity index (χ3v) is 6.20. The highest BCUT2D eigenvalue weighted by Gasteiger charge is 2.37. The van der Waals surface area contributed by atoms with Gasteiger partial charge in [0.2, 0.25) is 17.7 Å². The number of morpholine rings is 1. The molecule has 1 aliphatic carbocycles. The molecule has 1 aliphatic heterocycles. The van der Waals surface area contributed by atoms with E-state index in [2.05, 4.69) is 25.0 Å². The van der Waals surface area contributed by atoms with Crippen LogP contribution in [-0.2, 0) is 11.8 Å². The van der Waals surface area contributed by atoms with Gasteiger partial charge < -0.3 is 25.0 Å². The molecule has 3 aromatic heterocycles. The lowest BCUT2D eigenvalue weighted by atomic mass is 9.88. The predicted octanol–water partition coefficient (Wildman–Crippen LogP) is 0.907. The zero-order valence-corrected chi connectivity index (χ0v) is 19.5. The van der Waals surface area contributed by atoms with E-state index in [1.54, 1.807) is 35.9 Å². The van der Waals surface area contributed by atoms with Crippen molar-refractivity contribution in [2.45, 2.75) is 25.0 Å². The van der Waals surface area contributed by atoms with E-state index in [1.165, 1.54) is 12.4 Å². The van der Waals surface area contributed by atoms with Crippen molar-refractivity contribution in [3.8, 4) is 17.1 Å². The molecule has 0 spiro atoms. The van der Waals surface area contributed by atoms with Crippen LogP contribution in [0.25, 0.3) is 11.3 Å². The maximum Gasteiger partial charge on any atom is 0.274 e. The van der Waals surface area contributed by atoms with Gasteiger partial charge in [-0.15, -0.1) is 0 Å². The van der Waals surface area contributed by atoms with Crippen molar-refractivity contribution >= 4 is 17.8 Å². The summed E-state index contributed by atoms with van der Waals surface area (Å²) in [7, 11) is 3.50. The van der Waals surface area contributed by atoms with E-state index in [0.29, 0.717) is 56.4 Å². The highest BCUT2D eigenvalue weighted by atomic mass is 19.1. The minimum Gasteiger partial charge on any atom is -0.472 e. The summed E-state index contributed by atoms with van der Waals surface area (Å²) in [5.41, 5.74) is 6.36. The number of ether oxygens (including phenoxy) is 2. The number of carbonyl (C=O) groups excluding carboxylic acids is 1. The first-order valence-corrected chi connectivity index (χ1v) is 11.3. The first-order chi connectivity index (χ1) is 16.9. The Morgan fingerprint density at radius 2 is 1.94 bits per heavy atom. The average Bonchev–Trinajstić information content (AvgIpc) is 3.28. The molecule has 2 N–H and O–H groups in total. The van der Waals surface area contributed by atoms with Gasteiger partial charge in [-0.1, -0.05) is 0 Å². The Hall–Kier alpha value is -3.87. The molecule has 13 heteroatoms. The summed E-state index contributed by atoms with van der Waals surface area (Å²) >= 11 is 0. The zero-order chi connectivity index (χ0) is 24.5. The molecular weight excluding hydrogens is 457 g/mol. The Labute approximate surface area is 200 Å². The van der Waals surface area contributed by atoms with E-state index < -0.39 is 5.82 Å². The highest BCUT2D eigenvalue weighted by molar-refractivity contribution is 5.92. The van der Waals surface area contributed by atoms with Crippen LogP contribution in [0, 0.1) is 5.82 Å². The maximum atomic E-state index is 15.5. The van der Waals surface area contributed by atoms with E-state index >= 15 is 4.39 Å². The van der Waals surface area contributed by atoms with Crippen LogP contribution in [0.1, 0.15) is 23.3 Å². The van der Waals surface area contributed by atoms with E-state index in [1.807, 2.05) is 4.90 Å². The normalized spacial score (nSPS) is 19.8. The van der Waals surface area contributed by atoms with Gasteiger partial charge in [-0.3, -0.25) is 9.48 Å². The first kappa shape index (κ1) is 22.9. The number of halogens is 1. The molecule has 0 aromatic carbocycles. The molecule has 12 nitrogen and oxygen atoms in total. The zero-order valence-electron chi connectivity index (χ0n) is 19.5. The predicted molar refractivity (Wildman–Crippen MR) is 123 cm³/mol.